The maximum atomic E-state index is 12.7. The highest BCUT2D eigenvalue weighted by Crippen LogP contribution is 2.62. The second-order valence-electron chi connectivity index (χ2n) is 10.2. The van der Waals surface area contributed by atoms with Gasteiger partial charge < -0.3 is 18.9 Å². The van der Waals surface area contributed by atoms with Crippen LogP contribution in [0.15, 0.2) is 0 Å². The molecule has 0 aliphatic carbocycles. The van der Waals surface area contributed by atoms with Crippen molar-refractivity contribution in [2.24, 2.45) is 29.1 Å². The number of hydrogen-bond acceptors (Lipinski definition) is 8. The minimum absolute atomic E-state index is 0.00638. The van der Waals surface area contributed by atoms with E-state index >= 15 is 0 Å². The summed E-state index contributed by atoms with van der Waals surface area (Å²) < 4.78 is 23.2. The fourth-order valence-electron chi connectivity index (χ4n) is 5.59. The Morgan fingerprint density at radius 2 is 1.55 bits per heavy atom. The lowest BCUT2D eigenvalue weighted by Gasteiger charge is -2.30. The Labute approximate surface area is 181 Å². The van der Waals surface area contributed by atoms with Gasteiger partial charge in [0, 0.05) is 21.2 Å². The van der Waals surface area contributed by atoms with Crippen molar-refractivity contribution >= 4 is 36.3 Å². The smallest absolute Gasteiger partial charge is 0.312 e. The second kappa shape index (κ2) is 7.04. The van der Waals surface area contributed by atoms with E-state index in [-0.39, 0.29) is 78.5 Å². The van der Waals surface area contributed by atoms with E-state index in [9.17, 15) is 9.59 Å². The van der Waals surface area contributed by atoms with Crippen LogP contribution in [-0.4, -0.2) is 65.3 Å². The number of ether oxygens (including phenoxy) is 4. The summed E-state index contributed by atoms with van der Waals surface area (Å²) in [6, 6.07) is 0. The maximum absolute atomic E-state index is 12.7. The van der Waals surface area contributed by atoms with Gasteiger partial charge in [-0.15, -0.1) is 11.8 Å². The van der Waals surface area contributed by atoms with Crippen molar-refractivity contribution in [3.05, 3.63) is 0 Å². The molecule has 0 radical (unpaired) electrons. The summed E-state index contributed by atoms with van der Waals surface area (Å²) in [5, 5.41) is 1.16. The van der Waals surface area contributed by atoms with E-state index in [0.717, 1.165) is 6.42 Å². The summed E-state index contributed by atoms with van der Waals surface area (Å²) >= 11 is 6.48. The standard InChI is InChI=1S/C21H30O6S2/c1-8-10-5-11(28)15(26-10)12(8)19(22)24-6-21(3,4)7-25-20(23)13-9(2)14-17-18(29-17)16(13)27-14/h8-18,28H,5-7H2,1-4H3. The molecule has 4 bridgehead atoms. The van der Waals surface area contributed by atoms with E-state index in [2.05, 4.69) is 19.6 Å². The predicted molar refractivity (Wildman–Crippen MR) is 111 cm³/mol. The first-order chi connectivity index (χ1) is 13.7. The number of hydrogen-bond donors (Lipinski definition) is 1. The summed E-state index contributed by atoms with van der Waals surface area (Å²) in [5.74, 6) is -0.476. The highest BCUT2D eigenvalue weighted by molar-refractivity contribution is 8.07. The van der Waals surface area contributed by atoms with E-state index < -0.39 is 5.41 Å². The van der Waals surface area contributed by atoms with Crippen LogP contribution >= 0.6 is 24.4 Å². The zero-order chi connectivity index (χ0) is 20.7. The number of rotatable bonds is 6. The minimum Gasteiger partial charge on any atom is -0.465 e. The van der Waals surface area contributed by atoms with Gasteiger partial charge in [0.2, 0.25) is 0 Å². The van der Waals surface area contributed by atoms with Crippen molar-refractivity contribution in [2.75, 3.05) is 13.2 Å². The molecule has 0 saturated carbocycles. The van der Waals surface area contributed by atoms with Crippen LogP contribution in [0.2, 0.25) is 0 Å². The van der Waals surface area contributed by atoms with Gasteiger partial charge in [-0.2, -0.15) is 12.6 Å². The molecule has 0 aromatic carbocycles. The molecule has 0 N–H and O–H groups in total. The lowest BCUT2D eigenvalue weighted by Crippen LogP contribution is -2.41. The highest BCUT2D eigenvalue weighted by atomic mass is 32.2. The summed E-state index contributed by atoms with van der Waals surface area (Å²) in [7, 11) is 0. The lowest BCUT2D eigenvalue weighted by molar-refractivity contribution is -0.160. The Balaban J connectivity index is 1.11. The van der Waals surface area contributed by atoms with E-state index in [4.69, 9.17) is 18.9 Å². The number of thioether (sulfide) groups is 1. The average molecular weight is 443 g/mol. The number of carbonyl (C=O) groups excluding carboxylic acids is 2. The van der Waals surface area contributed by atoms with E-state index in [1.165, 1.54) is 0 Å². The van der Waals surface area contributed by atoms with Crippen molar-refractivity contribution in [2.45, 2.75) is 74.3 Å². The second-order valence-corrected chi connectivity index (χ2v) is 12.2. The monoisotopic (exact) mass is 442 g/mol. The molecule has 0 aromatic heterocycles. The number of thiol groups is 1. The van der Waals surface area contributed by atoms with Gasteiger partial charge in [-0.05, 0) is 18.3 Å². The molecule has 5 aliphatic rings. The first kappa shape index (κ1) is 20.5. The van der Waals surface area contributed by atoms with Gasteiger partial charge in [-0.1, -0.05) is 27.7 Å². The van der Waals surface area contributed by atoms with Crippen LogP contribution in [0, 0.1) is 29.1 Å². The molecule has 29 heavy (non-hydrogen) atoms. The van der Waals surface area contributed by atoms with Gasteiger partial charge in [0.15, 0.2) is 0 Å². The molecule has 5 saturated heterocycles. The average Bonchev–Trinajstić information content (AvgIpc) is 2.91. The predicted octanol–water partition coefficient (Wildman–Crippen LogP) is 2.34. The van der Waals surface area contributed by atoms with Gasteiger partial charge in [0.05, 0.1) is 49.5 Å². The molecule has 5 aliphatic heterocycles. The van der Waals surface area contributed by atoms with E-state index in [1.54, 1.807) is 0 Å². The molecule has 8 heteroatoms. The summed E-state index contributed by atoms with van der Waals surface area (Å²) in [4.78, 5) is 25.4. The molecule has 0 aromatic rings. The van der Waals surface area contributed by atoms with Gasteiger partial charge in [0.1, 0.15) is 0 Å². The Kier molecular flexibility index (Phi) is 4.97. The zero-order valence-electron chi connectivity index (χ0n) is 17.3. The van der Waals surface area contributed by atoms with Crippen LogP contribution < -0.4 is 0 Å². The molecular formula is C21H30O6S2. The van der Waals surface area contributed by atoms with Crippen LogP contribution in [0.5, 0.6) is 0 Å². The third kappa shape index (κ3) is 3.33. The van der Waals surface area contributed by atoms with E-state index in [0.29, 0.717) is 10.5 Å². The molecule has 5 heterocycles. The summed E-state index contributed by atoms with van der Waals surface area (Å²) in [6.45, 7) is 8.46. The van der Waals surface area contributed by atoms with Crippen molar-refractivity contribution in [3.8, 4) is 0 Å². The van der Waals surface area contributed by atoms with Gasteiger partial charge >= 0.3 is 11.9 Å². The molecule has 6 nitrogen and oxygen atoms in total. The van der Waals surface area contributed by atoms with Crippen molar-refractivity contribution in [1.82, 2.24) is 0 Å². The maximum Gasteiger partial charge on any atom is 0.312 e. The number of fused-ring (bicyclic) bond motifs is 7. The van der Waals surface area contributed by atoms with E-state index in [1.807, 2.05) is 32.5 Å². The molecule has 0 spiro atoms. The topological polar surface area (TPSA) is 71.1 Å². The Morgan fingerprint density at radius 3 is 2.14 bits per heavy atom. The fraction of sp³-hybridized carbons (Fsp3) is 0.905. The first-order valence-electron chi connectivity index (χ1n) is 10.7. The zero-order valence-corrected chi connectivity index (χ0v) is 19.0. The number of esters is 2. The largest absolute Gasteiger partial charge is 0.465 e. The minimum atomic E-state index is -0.452. The molecular weight excluding hydrogens is 412 g/mol. The van der Waals surface area contributed by atoms with Crippen LogP contribution in [0.1, 0.15) is 34.1 Å². The molecule has 11 unspecified atom stereocenters. The SMILES string of the molecule is CC1C2CC(S)C(O2)C1C(=O)OCC(C)(C)COC(=O)C1C(C)C2OC1C1SC21. The highest BCUT2D eigenvalue weighted by Gasteiger charge is 2.68. The molecule has 11 atom stereocenters. The van der Waals surface area contributed by atoms with Gasteiger partial charge in [0.25, 0.3) is 0 Å². The van der Waals surface area contributed by atoms with Crippen LogP contribution in [0.3, 0.4) is 0 Å². The van der Waals surface area contributed by atoms with Crippen molar-refractivity contribution in [3.63, 3.8) is 0 Å². The molecule has 0 amide bonds. The summed E-state index contributed by atoms with van der Waals surface area (Å²) in [6.07, 6.45) is 1.04. The molecule has 162 valence electrons. The Morgan fingerprint density at radius 1 is 0.966 bits per heavy atom. The molecule has 5 fully saturated rings. The third-order valence-corrected chi connectivity index (χ3v) is 9.35. The van der Waals surface area contributed by atoms with Crippen molar-refractivity contribution < 1.29 is 28.5 Å². The Bertz CT molecular complexity index is 685. The Hall–Kier alpha value is -0.440. The quantitative estimate of drug-likeness (QED) is 0.385. The fourth-order valence-corrected chi connectivity index (χ4v) is 7.50. The normalized spacial score (nSPS) is 49.2. The third-order valence-electron chi connectivity index (χ3n) is 7.41. The van der Waals surface area contributed by atoms with Crippen molar-refractivity contribution in [1.29, 1.82) is 0 Å². The van der Waals surface area contributed by atoms with Crippen LogP contribution in [-0.2, 0) is 28.5 Å². The molecule has 5 rings (SSSR count). The van der Waals surface area contributed by atoms with Gasteiger partial charge in [-0.3, -0.25) is 9.59 Å². The first-order valence-corrected chi connectivity index (χ1v) is 12.1. The number of carbonyl (C=O) groups is 2. The van der Waals surface area contributed by atoms with Crippen LogP contribution in [0.4, 0.5) is 0 Å². The lowest BCUT2D eigenvalue weighted by atomic mass is 9.80. The van der Waals surface area contributed by atoms with Crippen LogP contribution in [0.25, 0.3) is 0 Å². The van der Waals surface area contributed by atoms with Gasteiger partial charge in [-0.25, -0.2) is 0 Å². The summed E-state index contributed by atoms with van der Waals surface area (Å²) in [5.41, 5.74) is -0.452.